The smallest absolute Gasteiger partial charge is 0.337 e. The number of esters is 1. The average Bonchev–Trinajstić information content (AvgIpc) is 3.30. The van der Waals surface area contributed by atoms with Gasteiger partial charge < -0.3 is 9.72 Å². The minimum absolute atomic E-state index is 0.169. The van der Waals surface area contributed by atoms with Gasteiger partial charge in [-0.15, -0.1) is 0 Å². The molecule has 2 aromatic heterocycles. The summed E-state index contributed by atoms with van der Waals surface area (Å²) in [5.74, 6) is -0.360. The Kier molecular flexibility index (Phi) is 4.68. The second-order valence-corrected chi connectivity index (χ2v) is 6.44. The van der Waals surface area contributed by atoms with E-state index in [1.807, 2.05) is 54.7 Å². The SMILES string of the molecule is COC(=O)c1ccc(CC=c2[nH][nH]c(=O)c2=Cc2c[nH]c3ccccc23)cc1. The first-order chi connectivity index (χ1) is 13.7. The van der Waals surface area contributed by atoms with Gasteiger partial charge in [0.2, 0.25) is 0 Å². The molecule has 0 saturated carbocycles. The van der Waals surface area contributed by atoms with E-state index in [0.717, 1.165) is 27.4 Å². The predicted molar refractivity (Wildman–Crippen MR) is 108 cm³/mol. The van der Waals surface area contributed by atoms with Gasteiger partial charge in [0.15, 0.2) is 0 Å². The summed E-state index contributed by atoms with van der Waals surface area (Å²) in [7, 11) is 1.36. The quantitative estimate of drug-likeness (QED) is 0.477. The third kappa shape index (κ3) is 3.40. The Morgan fingerprint density at radius 3 is 2.64 bits per heavy atom. The van der Waals surface area contributed by atoms with Crippen LogP contribution in [0.15, 0.2) is 59.5 Å². The molecular weight excluding hydrogens is 354 g/mol. The summed E-state index contributed by atoms with van der Waals surface area (Å²) in [6.07, 6.45) is 6.34. The number of nitrogens with one attached hydrogen (secondary N) is 3. The van der Waals surface area contributed by atoms with E-state index in [9.17, 15) is 9.59 Å². The van der Waals surface area contributed by atoms with Crippen molar-refractivity contribution in [3.8, 4) is 0 Å². The lowest BCUT2D eigenvalue weighted by atomic mass is 10.1. The van der Waals surface area contributed by atoms with E-state index in [1.165, 1.54) is 7.11 Å². The lowest BCUT2D eigenvalue weighted by molar-refractivity contribution is 0.0600. The van der Waals surface area contributed by atoms with E-state index in [1.54, 1.807) is 12.1 Å². The average molecular weight is 373 g/mol. The van der Waals surface area contributed by atoms with Crippen LogP contribution in [0.4, 0.5) is 0 Å². The van der Waals surface area contributed by atoms with Crippen LogP contribution in [0.2, 0.25) is 0 Å². The molecule has 0 unspecified atom stereocenters. The molecule has 2 aromatic carbocycles. The molecule has 0 fully saturated rings. The van der Waals surface area contributed by atoms with Crippen molar-refractivity contribution in [2.75, 3.05) is 7.11 Å². The van der Waals surface area contributed by atoms with Crippen molar-refractivity contribution in [2.45, 2.75) is 6.42 Å². The van der Waals surface area contributed by atoms with Gasteiger partial charge in [-0.1, -0.05) is 36.4 Å². The Bertz CT molecular complexity index is 1310. The van der Waals surface area contributed by atoms with Crippen LogP contribution in [0.3, 0.4) is 0 Å². The van der Waals surface area contributed by atoms with Crippen LogP contribution in [0, 0.1) is 0 Å². The number of methoxy groups -OCH3 is 1. The number of ether oxygens (including phenoxy) is 1. The number of para-hydroxylation sites is 1. The Morgan fingerprint density at radius 2 is 1.86 bits per heavy atom. The Balaban J connectivity index is 1.68. The van der Waals surface area contributed by atoms with Gasteiger partial charge in [-0.3, -0.25) is 15.0 Å². The summed E-state index contributed by atoms with van der Waals surface area (Å²) in [6, 6.07) is 15.2. The summed E-state index contributed by atoms with van der Waals surface area (Å²) in [5.41, 5.74) is 3.34. The molecule has 28 heavy (non-hydrogen) atoms. The molecule has 4 aromatic rings. The van der Waals surface area contributed by atoms with Gasteiger partial charge in [-0.25, -0.2) is 4.79 Å². The highest BCUT2D eigenvalue weighted by Gasteiger charge is 2.04. The third-order valence-electron chi connectivity index (χ3n) is 4.68. The summed E-state index contributed by atoms with van der Waals surface area (Å²) in [6.45, 7) is 0. The molecule has 6 heteroatoms. The van der Waals surface area contributed by atoms with Crippen LogP contribution in [0.25, 0.3) is 23.1 Å². The number of aromatic nitrogens is 3. The zero-order valence-corrected chi connectivity index (χ0v) is 15.3. The second kappa shape index (κ2) is 7.44. The molecule has 0 atom stereocenters. The third-order valence-corrected chi connectivity index (χ3v) is 4.68. The number of carbonyl (C=O) groups excluding carboxylic acids is 1. The first-order valence-electron chi connectivity index (χ1n) is 8.87. The topological polar surface area (TPSA) is 90.7 Å². The van der Waals surface area contributed by atoms with E-state index in [2.05, 4.69) is 15.2 Å². The van der Waals surface area contributed by atoms with Gasteiger partial charge in [-0.2, -0.15) is 0 Å². The molecule has 0 amide bonds. The summed E-state index contributed by atoms with van der Waals surface area (Å²) < 4.78 is 4.71. The summed E-state index contributed by atoms with van der Waals surface area (Å²) in [5, 5.41) is 7.96. The van der Waals surface area contributed by atoms with Gasteiger partial charge in [0, 0.05) is 22.7 Å². The molecule has 4 rings (SSSR count). The highest BCUT2D eigenvalue weighted by molar-refractivity contribution is 5.89. The van der Waals surface area contributed by atoms with Gasteiger partial charge in [0.1, 0.15) is 0 Å². The van der Waals surface area contributed by atoms with Crippen molar-refractivity contribution in [2.24, 2.45) is 0 Å². The van der Waals surface area contributed by atoms with Crippen LogP contribution in [0.1, 0.15) is 21.5 Å². The fourth-order valence-corrected chi connectivity index (χ4v) is 3.17. The van der Waals surface area contributed by atoms with Crippen molar-refractivity contribution in [1.82, 2.24) is 15.2 Å². The van der Waals surface area contributed by atoms with E-state index >= 15 is 0 Å². The fraction of sp³-hybridized carbons (Fsp3) is 0.0909. The van der Waals surface area contributed by atoms with Crippen molar-refractivity contribution >= 4 is 29.0 Å². The number of aromatic amines is 3. The normalized spacial score (nSPS) is 12.6. The molecule has 6 nitrogen and oxygen atoms in total. The number of hydrogen-bond donors (Lipinski definition) is 3. The van der Waals surface area contributed by atoms with Gasteiger partial charge >= 0.3 is 5.97 Å². The van der Waals surface area contributed by atoms with Crippen LogP contribution >= 0.6 is 0 Å². The van der Waals surface area contributed by atoms with Crippen LogP contribution in [-0.4, -0.2) is 28.3 Å². The summed E-state index contributed by atoms with van der Waals surface area (Å²) >= 11 is 0. The highest BCUT2D eigenvalue weighted by atomic mass is 16.5. The van der Waals surface area contributed by atoms with E-state index < -0.39 is 0 Å². The molecular formula is C22H19N3O3. The molecule has 0 radical (unpaired) electrons. The number of fused-ring (bicyclic) bond motifs is 1. The lowest BCUT2D eigenvalue weighted by Crippen LogP contribution is -2.33. The first kappa shape index (κ1) is 17.6. The molecule has 0 aliphatic heterocycles. The molecule has 0 saturated heterocycles. The van der Waals surface area contributed by atoms with Gasteiger partial charge in [0.05, 0.1) is 23.2 Å². The minimum atomic E-state index is -0.360. The van der Waals surface area contributed by atoms with Crippen molar-refractivity contribution in [3.05, 3.63) is 92.3 Å². The maximum Gasteiger partial charge on any atom is 0.337 e. The fourth-order valence-electron chi connectivity index (χ4n) is 3.17. The van der Waals surface area contributed by atoms with Crippen molar-refractivity contribution in [1.29, 1.82) is 0 Å². The molecule has 0 bridgehead atoms. The molecule has 140 valence electrons. The molecule has 0 aliphatic carbocycles. The number of carbonyl (C=O) groups is 1. The highest BCUT2D eigenvalue weighted by Crippen LogP contribution is 2.17. The van der Waals surface area contributed by atoms with E-state index in [-0.39, 0.29) is 11.5 Å². The van der Waals surface area contributed by atoms with E-state index in [4.69, 9.17) is 4.74 Å². The molecule has 0 aliphatic rings. The number of H-pyrrole nitrogens is 3. The molecule has 3 N–H and O–H groups in total. The lowest BCUT2D eigenvalue weighted by Gasteiger charge is -2.00. The Morgan fingerprint density at radius 1 is 1.07 bits per heavy atom. The van der Waals surface area contributed by atoms with E-state index in [0.29, 0.717) is 17.2 Å². The zero-order chi connectivity index (χ0) is 19.5. The number of benzene rings is 2. The number of rotatable bonds is 4. The van der Waals surface area contributed by atoms with Crippen LogP contribution < -0.4 is 16.1 Å². The largest absolute Gasteiger partial charge is 0.465 e. The Labute approximate surface area is 160 Å². The van der Waals surface area contributed by atoms with Gasteiger partial charge in [0.25, 0.3) is 5.56 Å². The van der Waals surface area contributed by atoms with Crippen LogP contribution in [-0.2, 0) is 11.2 Å². The molecule has 2 heterocycles. The first-order valence-corrected chi connectivity index (χ1v) is 8.87. The van der Waals surface area contributed by atoms with Crippen molar-refractivity contribution < 1.29 is 9.53 Å². The standard InChI is InChI=1S/C22H19N3O3/c1-28-22(27)15-9-6-14(7-10-15)8-11-20-18(21(26)25-24-20)12-16-13-23-19-5-3-2-4-17(16)19/h2-7,9-13,23-24H,8H2,1H3,(H,25,26). The predicted octanol–water partition coefficient (Wildman–Crippen LogP) is 1.82. The number of hydrogen-bond acceptors (Lipinski definition) is 3. The monoisotopic (exact) mass is 373 g/mol. The van der Waals surface area contributed by atoms with Crippen molar-refractivity contribution in [3.63, 3.8) is 0 Å². The maximum atomic E-state index is 12.3. The minimum Gasteiger partial charge on any atom is -0.465 e. The summed E-state index contributed by atoms with van der Waals surface area (Å²) in [4.78, 5) is 27.0. The second-order valence-electron chi connectivity index (χ2n) is 6.44. The zero-order valence-electron chi connectivity index (χ0n) is 15.3. The Hall–Kier alpha value is -3.80. The maximum absolute atomic E-state index is 12.3. The van der Waals surface area contributed by atoms with Crippen LogP contribution in [0.5, 0.6) is 0 Å². The van der Waals surface area contributed by atoms with Gasteiger partial charge in [-0.05, 0) is 36.3 Å². The molecule has 0 spiro atoms.